The lowest BCUT2D eigenvalue weighted by Gasteiger charge is -2.14. The zero-order chi connectivity index (χ0) is 9.26. The Morgan fingerprint density at radius 3 is 2.54 bits per heavy atom. The lowest BCUT2D eigenvalue weighted by Crippen LogP contribution is -2.27. The molecule has 1 aromatic heterocycles. The van der Waals surface area contributed by atoms with Crippen molar-refractivity contribution in [1.29, 1.82) is 0 Å². The van der Waals surface area contributed by atoms with E-state index in [2.05, 4.69) is 28.9 Å². The second-order valence-electron chi connectivity index (χ2n) is 3.21. The first-order chi connectivity index (χ1) is 6.27. The third kappa shape index (κ3) is 1.67. The van der Waals surface area contributed by atoms with Crippen LogP contribution in [0.1, 0.15) is 0 Å². The Morgan fingerprint density at radius 1 is 1.31 bits per heavy atom. The summed E-state index contributed by atoms with van der Waals surface area (Å²) >= 11 is 1.67. The second-order valence-corrected chi connectivity index (χ2v) is 4.13. The Balaban J connectivity index is 2.24. The van der Waals surface area contributed by atoms with Crippen molar-refractivity contribution < 1.29 is 0 Å². The zero-order valence-electron chi connectivity index (χ0n) is 7.90. The van der Waals surface area contributed by atoms with E-state index < -0.39 is 0 Å². The number of hydrogen-bond donors (Lipinski definition) is 0. The molecular weight excluding hydrogens is 182 g/mol. The number of hydrogen-bond acceptors (Lipinski definition) is 2. The van der Waals surface area contributed by atoms with Crippen LogP contribution in [0.15, 0.2) is 22.5 Å². The van der Waals surface area contributed by atoms with Gasteiger partial charge in [-0.2, -0.15) is 0 Å². The lowest BCUT2D eigenvalue weighted by molar-refractivity contribution is 0.553. The van der Waals surface area contributed by atoms with Crippen LogP contribution in [0.25, 0.3) is 0 Å². The summed E-state index contributed by atoms with van der Waals surface area (Å²) in [6, 6.07) is 4.07. The standard InChI is InChI=1S/C9H13N3S/c1-11-5-6-12(2)9(11)10-8-4-3-7-13-8/h3-4,7H,5-6H2,1-2H3. The first-order valence-corrected chi connectivity index (χ1v) is 5.20. The Morgan fingerprint density at radius 2 is 2.00 bits per heavy atom. The SMILES string of the molecule is CN1CCN(C)C1=Nc1cccs1. The molecule has 70 valence electrons. The van der Waals surface area contributed by atoms with Gasteiger partial charge in [0.15, 0.2) is 0 Å². The van der Waals surface area contributed by atoms with Crippen LogP contribution in [0.2, 0.25) is 0 Å². The molecule has 0 N–H and O–H groups in total. The van der Waals surface area contributed by atoms with Crippen molar-refractivity contribution in [2.45, 2.75) is 0 Å². The van der Waals surface area contributed by atoms with E-state index in [1.54, 1.807) is 11.3 Å². The van der Waals surface area contributed by atoms with Crippen LogP contribution in [0.5, 0.6) is 0 Å². The molecule has 1 saturated heterocycles. The Labute approximate surface area is 82.3 Å². The molecule has 1 fully saturated rings. The molecule has 13 heavy (non-hydrogen) atoms. The van der Waals surface area contributed by atoms with Gasteiger partial charge in [-0.25, -0.2) is 4.99 Å². The topological polar surface area (TPSA) is 18.8 Å². The highest BCUT2D eigenvalue weighted by molar-refractivity contribution is 7.13. The van der Waals surface area contributed by atoms with Gasteiger partial charge in [0.05, 0.1) is 0 Å². The summed E-state index contributed by atoms with van der Waals surface area (Å²) in [5, 5.41) is 3.13. The van der Waals surface area contributed by atoms with E-state index in [4.69, 9.17) is 0 Å². The van der Waals surface area contributed by atoms with E-state index in [9.17, 15) is 0 Å². The monoisotopic (exact) mass is 195 g/mol. The molecule has 0 aliphatic carbocycles. The van der Waals surface area contributed by atoms with Crippen LogP contribution in [-0.2, 0) is 0 Å². The largest absolute Gasteiger partial charge is 0.344 e. The molecule has 0 atom stereocenters. The second kappa shape index (κ2) is 3.38. The number of aliphatic imine (C=N–C) groups is 1. The van der Waals surface area contributed by atoms with Gasteiger partial charge in [0.2, 0.25) is 5.96 Å². The third-order valence-corrected chi connectivity index (χ3v) is 2.93. The summed E-state index contributed by atoms with van der Waals surface area (Å²) in [6.45, 7) is 2.14. The van der Waals surface area contributed by atoms with Gasteiger partial charge >= 0.3 is 0 Å². The fourth-order valence-electron chi connectivity index (χ4n) is 1.39. The van der Waals surface area contributed by atoms with Gasteiger partial charge in [0.25, 0.3) is 0 Å². The average Bonchev–Trinajstić information content (AvgIpc) is 2.70. The summed E-state index contributed by atoms with van der Waals surface area (Å²) in [5.74, 6) is 1.07. The van der Waals surface area contributed by atoms with Crippen molar-refractivity contribution in [1.82, 2.24) is 9.80 Å². The molecule has 0 amide bonds. The Hall–Kier alpha value is -1.03. The fourth-order valence-corrected chi connectivity index (χ4v) is 1.98. The van der Waals surface area contributed by atoms with Gasteiger partial charge in [-0.15, -0.1) is 11.3 Å². The molecule has 4 heteroatoms. The van der Waals surface area contributed by atoms with Crippen LogP contribution in [-0.4, -0.2) is 42.9 Å². The van der Waals surface area contributed by atoms with E-state index in [1.165, 1.54) is 0 Å². The van der Waals surface area contributed by atoms with Crippen molar-refractivity contribution in [3.63, 3.8) is 0 Å². The molecule has 3 nitrogen and oxygen atoms in total. The van der Waals surface area contributed by atoms with Crippen LogP contribution in [0.3, 0.4) is 0 Å². The van der Waals surface area contributed by atoms with E-state index in [1.807, 2.05) is 17.5 Å². The van der Waals surface area contributed by atoms with E-state index in [0.29, 0.717) is 0 Å². The molecule has 2 rings (SSSR count). The quantitative estimate of drug-likeness (QED) is 0.678. The predicted molar refractivity (Wildman–Crippen MR) is 56.7 cm³/mol. The van der Waals surface area contributed by atoms with Gasteiger partial charge in [-0.3, -0.25) is 0 Å². The fraction of sp³-hybridized carbons (Fsp3) is 0.444. The maximum absolute atomic E-state index is 4.57. The molecule has 0 unspecified atom stereocenters. The number of guanidine groups is 1. The smallest absolute Gasteiger partial charge is 0.202 e. The first-order valence-electron chi connectivity index (χ1n) is 4.32. The highest BCUT2D eigenvalue weighted by Gasteiger charge is 2.19. The molecule has 0 saturated carbocycles. The molecule has 1 aliphatic heterocycles. The van der Waals surface area contributed by atoms with Gasteiger partial charge < -0.3 is 9.80 Å². The third-order valence-electron chi connectivity index (χ3n) is 2.17. The zero-order valence-corrected chi connectivity index (χ0v) is 8.71. The minimum Gasteiger partial charge on any atom is -0.344 e. The molecular formula is C9H13N3S. The van der Waals surface area contributed by atoms with Crippen LogP contribution < -0.4 is 0 Å². The Kier molecular flexibility index (Phi) is 2.22. The van der Waals surface area contributed by atoms with Crippen LogP contribution in [0.4, 0.5) is 5.00 Å². The van der Waals surface area contributed by atoms with Crippen molar-refractivity contribution >= 4 is 22.3 Å². The van der Waals surface area contributed by atoms with E-state index >= 15 is 0 Å². The van der Waals surface area contributed by atoms with E-state index in [-0.39, 0.29) is 0 Å². The summed E-state index contributed by atoms with van der Waals surface area (Å²) in [6.07, 6.45) is 0. The normalized spacial score (nSPS) is 16.9. The molecule has 1 aromatic rings. The summed E-state index contributed by atoms with van der Waals surface area (Å²) in [7, 11) is 4.16. The lowest BCUT2D eigenvalue weighted by atomic mass is 10.6. The van der Waals surface area contributed by atoms with Crippen LogP contribution in [0, 0.1) is 0 Å². The predicted octanol–water partition coefficient (Wildman–Crippen LogP) is 1.61. The molecule has 1 aliphatic rings. The molecule has 0 bridgehead atoms. The molecule has 0 aromatic carbocycles. The van der Waals surface area contributed by atoms with Crippen molar-refractivity contribution in [2.75, 3.05) is 27.2 Å². The highest BCUT2D eigenvalue weighted by atomic mass is 32.1. The molecule has 2 heterocycles. The molecule has 0 radical (unpaired) electrons. The number of likely N-dealkylation sites (N-methyl/N-ethyl adjacent to an activating group) is 2. The first kappa shape index (κ1) is 8.56. The van der Waals surface area contributed by atoms with Crippen molar-refractivity contribution in [2.24, 2.45) is 4.99 Å². The molecule has 0 spiro atoms. The number of nitrogens with zero attached hydrogens (tertiary/aromatic N) is 3. The average molecular weight is 195 g/mol. The van der Waals surface area contributed by atoms with Gasteiger partial charge in [0, 0.05) is 27.2 Å². The number of thiophene rings is 1. The maximum atomic E-state index is 4.57. The van der Waals surface area contributed by atoms with Gasteiger partial charge in [-0.1, -0.05) is 0 Å². The van der Waals surface area contributed by atoms with Crippen molar-refractivity contribution in [3.8, 4) is 0 Å². The maximum Gasteiger partial charge on any atom is 0.202 e. The Bertz CT molecular complexity index is 293. The summed E-state index contributed by atoms with van der Waals surface area (Å²) in [5.41, 5.74) is 0. The van der Waals surface area contributed by atoms with Gasteiger partial charge in [0.1, 0.15) is 5.00 Å². The van der Waals surface area contributed by atoms with Crippen LogP contribution >= 0.6 is 11.3 Å². The minimum atomic E-state index is 1.07. The van der Waals surface area contributed by atoms with Gasteiger partial charge in [-0.05, 0) is 17.5 Å². The van der Waals surface area contributed by atoms with Crippen molar-refractivity contribution in [3.05, 3.63) is 17.5 Å². The minimum absolute atomic E-state index is 1.07. The van der Waals surface area contributed by atoms with E-state index in [0.717, 1.165) is 24.1 Å². The summed E-state index contributed by atoms with van der Waals surface area (Å²) in [4.78, 5) is 8.93. The highest BCUT2D eigenvalue weighted by Crippen LogP contribution is 2.21. The summed E-state index contributed by atoms with van der Waals surface area (Å²) < 4.78 is 0. The number of rotatable bonds is 1.